The number of anilines is 1. The molecule has 1 spiro atoms. The van der Waals surface area contributed by atoms with Gasteiger partial charge in [0.2, 0.25) is 5.95 Å². The van der Waals surface area contributed by atoms with Crippen LogP contribution in [0.25, 0.3) is 11.3 Å². The second-order valence-electron chi connectivity index (χ2n) is 8.64. The Morgan fingerprint density at radius 3 is 2.76 bits per heavy atom. The van der Waals surface area contributed by atoms with E-state index < -0.39 is 0 Å². The third kappa shape index (κ3) is 3.65. The van der Waals surface area contributed by atoms with Crippen molar-refractivity contribution in [3.8, 4) is 0 Å². The van der Waals surface area contributed by atoms with E-state index in [9.17, 15) is 0 Å². The normalized spacial score (nSPS) is 19.4. The average Bonchev–Trinajstić information content (AvgIpc) is 3.37. The van der Waals surface area contributed by atoms with Gasteiger partial charge < -0.3 is 15.6 Å². The van der Waals surface area contributed by atoms with Crippen molar-refractivity contribution in [2.45, 2.75) is 35.2 Å². The number of imidazole rings is 1. The Hall–Kier alpha value is -2.39. The van der Waals surface area contributed by atoms with E-state index >= 15 is 0 Å². The maximum Gasteiger partial charge on any atom is 0.206 e. The number of halogens is 2. The Morgan fingerprint density at radius 1 is 1.09 bits per heavy atom. The molecule has 10 heteroatoms. The zero-order chi connectivity index (χ0) is 22.6. The summed E-state index contributed by atoms with van der Waals surface area (Å²) < 4.78 is 0. The van der Waals surface area contributed by atoms with Crippen molar-refractivity contribution >= 4 is 52.2 Å². The molecular formula is C23H21Cl2N7S. The van der Waals surface area contributed by atoms with E-state index in [4.69, 9.17) is 33.9 Å². The fourth-order valence-electron chi connectivity index (χ4n) is 4.95. The first-order valence-corrected chi connectivity index (χ1v) is 12.4. The van der Waals surface area contributed by atoms with E-state index in [-0.39, 0.29) is 11.5 Å². The van der Waals surface area contributed by atoms with Gasteiger partial charge in [-0.15, -0.1) is 0 Å². The molecule has 0 amide bonds. The highest BCUT2D eigenvalue weighted by molar-refractivity contribution is 7.99. The molecule has 3 N–H and O–H groups in total. The van der Waals surface area contributed by atoms with Crippen molar-refractivity contribution in [1.29, 1.82) is 0 Å². The lowest BCUT2D eigenvalue weighted by atomic mass is 9.73. The SMILES string of the molecule is N[C@@H]1c2cccnc2CC12CCN(c1nc3ncc(Sc4cccc(Cl)c4Cl)nc3[nH]1)CC2. The Bertz CT molecular complexity index is 1350. The summed E-state index contributed by atoms with van der Waals surface area (Å²) in [5.74, 6) is 0.796. The van der Waals surface area contributed by atoms with E-state index in [1.165, 1.54) is 17.3 Å². The Balaban J connectivity index is 1.19. The van der Waals surface area contributed by atoms with Crippen LogP contribution in [-0.4, -0.2) is 38.0 Å². The van der Waals surface area contributed by atoms with E-state index in [1.54, 1.807) is 12.3 Å². The number of pyridine rings is 1. The van der Waals surface area contributed by atoms with Gasteiger partial charge in [-0.3, -0.25) is 4.98 Å². The monoisotopic (exact) mass is 497 g/mol. The quantitative estimate of drug-likeness (QED) is 0.408. The van der Waals surface area contributed by atoms with Gasteiger partial charge in [0.05, 0.1) is 16.2 Å². The topological polar surface area (TPSA) is 96.6 Å². The lowest BCUT2D eigenvalue weighted by Gasteiger charge is -2.41. The molecule has 1 aliphatic carbocycles. The Labute approximate surface area is 205 Å². The van der Waals surface area contributed by atoms with Crippen LogP contribution in [0, 0.1) is 5.41 Å². The molecule has 6 rings (SSSR count). The van der Waals surface area contributed by atoms with Gasteiger partial charge >= 0.3 is 0 Å². The van der Waals surface area contributed by atoms with Gasteiger partial charge in [0, 0.05) is 35.9 Å². The van der Waals surface area contributed by atoms with Gasteiger partial charge in [0.25, 0.3) is 0 Å². The van der Waals surface area contributed by atoms with E-state index in [0.717, 1.165) is 53.9 Å². The number of nitrogens with zero attached hydrogens (tertiary/aromatic N) is 5. The Kier molecular flexibility index (Phi) is 5.21. The van der Waals surface area contributed by atoms with Gasteiger partial charge in [0.1, 0.15) is 5.03 Å². The van der Waals surface area contributed by atoms with Crippen molar-refractivity contribution in [2.75, 3.05) is 18.0 Å². The minimum Gasteiger partial charge on any atom is -0.342 e. The summed E-state index contributed by atoms with van der Waals surface area (Å²) in [6.07, 6.45) is 6.52. The number of hydrogen-bond acceptors (Lipinski definition) is 7. The van der Waals surface area contributed by atoms with Crippen LogP contribution in [0.2, 0.25) is 10.0 Å². The summed E-state index contributed by atoms with van der Waals surface area (Å²) in [5, 5.41) is 1.76. The number of H-pyrrole nitrogens is 1. The van der Waals surface area contributed by atoms with Crippen LogP contribution >= 0.6 is 35.0 Å². The van der Waals surface area contributed by atoms with Crippen LogP contribution in [0.4, 0.5) is 5.95 Å². The zero-order valence-electron chi connectivity index (χ0n) is 17.6. The molecule has 1 aromatic carbocycles. The van der Waals surface area contributed by atoms with Crippen LogP contribution < -0.4 is 10.6 Å². The molecule has 3 aromatic heterocycles. The minimum atomic E-state index is 0.0419. The third-order valence-electron chi connectivity index (χ3n) is 6.80. The predicted octanol–water partition coefficient (Wildman–Crippen LogP) is 5.05. The second kappa shape index (κ2) is 8.13. The molecule has 1 fully saturated rings. The fraction of sp³-hybridized carbons (Fsp3) is 0.304. The molecule has 0 bridgehead atoms. The van der Waals surface area contributed by atoms with Gasteiger partial charge in [-0.25, -0.2) is 9.97 Å². The van der Waals surface area contributed by atoms with E-state index in [1.807, 2.05) is 24.4 Å². The lowest BCUT2D eigenvalue weighted by molar-refractivity contribution is 0.186. The number of aromatic nitrogens is 5. The molecule has 1 saturated heterocycles. The second-order valence-corrected chi connectivity index (χ2v) is 10.5. The predicted molar refractivity (Wildman–Crippen MR) is 131 cm³/mol. The van der Waals surface area contributed by atoms with Crippen LogP contribution in [0.5, 0.6) is 0 Å². The molecule has 4 heterocycles. The number of piperidine rings is 1. The first-order valence-electron chi connectivity index (χ1n) is 10.8. The van der Waals surface area contributed by atoms with Crippen molar-refractivity contribution in [3.63, 3.8) is 0 Å². The lowest BCUT2D eigenvalue weighted by Crippen LogP contribution is -2.44. The van der Waals surface area contributed by atoms with Crippen LogP contribution in [-0.2, 0) is 6.42 Å². The van der Waals surface area contributed by atoms with Crippen molar-refractivity contribution < 1.29 is 0 Å². The van der Waals surface area contributed by atoms with Crippen molar-refractivity contribution in [1.82, 2.24) is 24.9 Å². The number of nitrogens with two attached hydrogens (primary N) is 1. The highest BCUT2D eigenvalue weighted by Gasteiger charge is 2.46. The zero-order valence-corrected chi connectivity index (χ0v) is 20.0. The minimum absolute atomic E-state index is 0.0419. The first-order chi connectivity index (χ1) is 16.0. The highest BCUT2D eigenvalue weighted by atomic mass is 35.5. The third-order valence-corrected chi connectivity index (χ3v) is 8.70. The van der Waals surface area contributed by atoms with Gasteiger partial charge in [-0.2, -0.15) is 4.98 Å². The number of benzene rings is 1. The number of rotatable bonds is 3. The molecule has 0 unspecified atom stereocenters. The maximum atomic E-state index is 6.68. The number of aromatic amines is 1. The standard InChI is InChI=1S/C23H21Cl2N7S/c24-14-4-1-5-16(18(14)25)33-17-12-28-20-21(29-17)31-22(30-20)32-9-6-23(7-10-32)11-15-13(19(23)26)3-2-8-27-15/h1-5,8,12,19H,6-7,9-11,26H2,(H,28,29,30,31)/t19-/m1/s1. The number of hydrogen-bond donors (Lipinski definition) is 2. The number of fused-ring (bicyclic) bond motifs is 2. The highest BCUT2D eigenvalue weighted by Crippen LogP contribution is 2.50. The molecule has 4 aromatic rings. The van der Waals surface area contributed by atoms with Gasteiger partial charge in [-0.1, -0.05) is 47.1 Å². The molecule has 1 atom stereocenters. The largest absolute Gasteiger partial charge is 0.342 e. The van der Waals surface area contributed by atoms with Crippen molar-refractivity contribution in [2.24, 2.45) is 11.1 Å². The molecule has 7 nitrogen and oxygen atoms in total. The van der Waals surface area contributed by atoms with Crippen LogP contribution in [0.3, 0.4) is 0 Å². The summed E-state index contributed by atoms with van der Waals surface area (Å²) in [5.41, 5.74) is 10.4. The summed E-state index contributed by atoms with van der Waals surface area (Å²) >= 11 is 13.9. The summed E-state index contributed by atoms with van der Waals surface area (Å²) in [7, 11) is 0. The summed E-state index contributed by atoms with van der Waals surface area (Å²) in [6.45, 7) is 1.75. The van der Waals surface area contributed by atoms with E-state index in [2.05, 4.69) is 30.9 Å². The summed E-state index contributed by atoms with van der Waals surface area (Å²) in [4.78, 5) is 24.9. The van der Waals surface area contributed by atoms with E-state index in [0.29, 0.717) is 21.3 Å². The maximum absolute atomic E-state index is 6.68. The molecular weight excluding hydrogens is 477 g/mol. The van der Waals surface area contributed by atoms with Crippen LogP contribution in [0.1, 0.15) is 30.1 Å². The van der Waals surface area contributed by atoms with Gasteiger partial charge in [0.15, 0.2) is 11.3 Å². The smallest absolute Gasteiger partial charge is 0.206 e. The van der Waals surface area contributed by atoms with Crippen LogP contribution in [0.15, 0.2) is 52.6 Å². The molecule has 168 valence electrons. The molecule has 2 aliphatic rings. The Morgan fingerprint density at radius 2 is 1.94 bits per heavy atom. The van der Waals surface area contributed by atoms with Crippen molar-refractivity contribution in [3.05, 3.63) is 64.0 Å². The summed E-state index contributed by atoms with van der Waals surface area (Å²) in [6, 6.07) is 9.69. The number of nitrogens with one attached hydrogen (secondary N) is 1. The first kappa shape index (κ1) is 21.2. The molecule has 0 radical (unpaired) electrons. The molecule has 33 heavy (non-hydrogen) atoms. The van der Waals surface area contributed by atoms with Gasteiger partial charge in [-0.05, 0) is 48.4 Å². The average molecular weight is 498 g/mol. The molecule has 1 aliphatic heterocycles. The fourth-order valence-corrected chi connectivity index (χ4v) is 6.23. The molecule has 0 saturated carbocycles.